The van der Waals surface area contributed by atoms with Gasteiger partial charge in [-0.05, 0) is 40.5 Å². The molecule has 0 N–H and O–H groups in total. The van der Waals surface area contributed by atoms with Gasteiger partial charge >= 0.3 is 0 Å². The first-order valence-corrected chi connectivity index (χ1v) is 8.58. The molecular weight excluding hydrogens is 354 g/mol. The van der Waals surface area contributed by atoms with Crippen LogP contribution in [-0.2, 0) is 20.6 Å². The van der Waals surface area contributed by atoms with Crippen LogP contribution < -0.4 is 0 Å². The Bertz CT molecular complexity index is 522. The maximum Gasteiger partial charge on any atom is 0.244 e. The molecule has 0 aliphatic rings. The second kappa shape index (κ2) is 7.59. The molecule has 0 radical (unpaired) electrons. The molecule has 0 unspecified atom stereocenters. The van der Waals surface area contributed by atoms with Crippen molar-refractivity contribution in [1.82, 2.24) is 4.31 Å². The highest BCUT2D eigenvalue weighted by Gasteiger charge is 2.23. The van der Waals surface area contributed by atoms with Crippen molar-refractivity contribution in [2.24, 2.45) is 0 Å². The Hall–Kier alpha value is -0.140. The minimum Gasteiger partial charge on any atom is -0.380 e. The molecule has 0 fully saturated rings. The summed E-state index contributed by atoms with van der Waals surface area (Å²) < 4.78 is 31.7. The lowest BCUT2D eigenvalue weighted by Gasteiger charge is -2.18. The van der Waals surface area contributed by atoms with Gasteiger partial charge in [-0.25, -0.2) is 8.42 Å². The molecule has 0 bridgehead atoms. The highest BCUT2D eigenvalue weighted by molar-refractivity contribution is 9.10. The van der Waals surface area contributed by atoms with Crippen molar-refractivity contribution in [2.75, 3.05) is 26.8 Å². The summed E-state index contributed by atoms with van der Waals surface area (Å²) in [4.78, 5) is 0.236. The fourth-order valence-electron chi connectivity index (χ4n) is 1.46. The van der Waals surface area contributed by atoms with E-state index in [-0.39, 0.29) is 4.90 Å². The first-order valence-electron chi connectivity index (χ1n) is 5.82. The lowest BCUT2D eigenvalue weighted by Crippen LogP contribution is -2.30. The van der Waals surface area contributed by atoms with Crippen LogP contribution in [0.5, 0.6) is 0 Å². The molecule has 0 amide bonds. The third kappa shape index (κ3) is 4.43. The van der Waals surface area contributed by atoms with Crippen molar-refractivity contribution in [3.8, 4) is 0 Å². The van der Waals surface area contributed by atoms with Gasteiger partial charge in [0.15, 0.2) is 0 Å². The van der Waals surface area contributed by atoms with Gasteiger partial charge in [0, 0.05) is 30.6 Å². The van der Waals surface area contributed by atoms with Crippen LogP contribution in [0.25, 0.3) is 0 Å². The Morgan fingerprint density at radius 1 is 1.42 bits per heavy atom. The molecule has 0 heterocycles. The van der Waals surface area contributed by atoms with Crippen LogP contribution in [0.1, 0.15) is 12.5 Å². The Labute approximate surface area is 127 Å². The molecule has 0 aromatic heterocycles. The SMILES string of the molecule is CCOCCN(C)S(=O)(=O)c1ccc(CCl)cc1Br. The Morgan fingerprint density at radius 2 is 2.11 bits per heavy atom. The fraction of sp³-hybridized carbons (Fsp3) is 0.500. The molecule has 0 saturated heterocycles. The van der Waals surface area contributed by atoms with Crippen molar-refractivity contribution in [1.29, 1.82) is 0 Å². The minimum atomic E-state index is -3.51. The number of ether oxygens (including phenoxy) is 1. The number of alkyl halides is 1. The van der Waals surface area contributed by atoms with Crippen LogP contribution >= 0.6 is 27.5 Å². The highest BCUT2D eigenvalue weighted by Crippen LogP contribution is 2.26. The van der Waals surface area contributed by atoms with Gasteiger partial charge in [-0.1, -0.05) is 6.07 Å². The van der Waals surface area contributed by atoms with Gasteiger partial charge < -0.3 is 4.74 Å². The second-order valence-electron chi connectivity index (χ2n) is 3.92. The third-order valence-corrected chi connectivity index (χ3v) is 5.74. The average molecular weight is 371 g/mol. The molecule has 7 heteroatoms. The average Bonchev–Trinajstić information content (AvgIpc) is 2.38. The van der Waals surface area contributed by atoms with Crippen LogP contribution in [0.4, 0.5) is 0 Å². The molecule has 1 aromatic carbocycles. The van der Waals surface area contributed by atoms with Gasteiger partial charge in [0.1, 0.15) is 0 Å². The van der Waals surface area contributed by atoms with Crippen LogP contribution in [0, 0.1) is 0 Å². The number of hydrogen-bond donors (Lipinski definition) is 0. The summed E-state index contributed by atoms with van der Waals surface area (Å²) in [6.45, 7) is 3.14. The minimum absolute atomic E-state index is 0.236. The molecular formula is C12H17BrClNO3S. The van der Waals surface area contributed by atoms with Crippen LogP contribution in [-0.4, -0.2) is 39.5 Å². The van der Waals surface area contributed by atoms with E-state index in [9.17, 15) is 8.42 Å². The number of nitrogens with zero attached hydrogens (tertiary/aromatic N) is 1. The molecule has 19 heavy (non-hydrogen) atoms. The lowest BCUT2D eigenvalue weighted by molar-refractivity contribution is 0.138. The predicted molar refractivity (Wildman–Crippen MR) is 80.0 cm³/mol. The van der Waals surface area contributed by atoms with Crippen molar-refractivity contribution in [3.63, 3.8) is 0 Å². The Morgan fingerprint density at radius 3 is 2.63 bits per heavy atom. The van der Waals surface area contributed by atoms with Gasteiger partial charge in [-0.15, -0.1) is 11.6 Å². The van der Waals surface area contributed by atoms with E-state index < -0.39 is 10.0 Å². The molecule has 0 saturated carbocycles. The zero-order valence-electron chi connectivity index (χ0n) is 10.9. The zero-order chi connectivity index (χ0) is 14.5. The summed E-state index contributed by atoms with van der Waals surface area (Å²) >= 11 is 8.99. The number of hydrogen-bond acceptors (Lipinski definition) is 3. The van der Waals surface area contributed by atoms with E-state index in [4.69, 9.17) is 16.3 Å². The van der Waals surface area contributed by atoms with Gasteiger partial charge in [0.25, 0.3) is 0 Å². The van der Waals surface area contributed by atoms with E-state index in [0.717, 1.165) is 5.56 Å². The maximum atomic E-state index is 12.4. The molecule has 1 rings (SSSR count). The number of rotatable bonds is 7. The van der Waals surface area contributed by atoms with E-state index in [1.54, 1.807) is 18.2 Å². The molecule has 0 aliphatic carbocycles. The number of halogens is 2. The van der Waals surface area contributed by atoms with Gasteiger partial charge in [0.2, 0.25) is 10.0 Å². The van der Waals surface area contributed by atoms with E-state index in [1.165, 1.54) is 11.4 Å². The number of sulfonamides is 1. The molecule has 0 spiro atoms. The van der Waals surface area contributed by atoms with Gasteiger partial charge in [-0.3, -0.25) is 0 Å². The normalized spacial score (nSPS) is 12.1. The summed E-state index contributed by atoms with van der Waals surface area (Å²) in [6, 6.07) is 4.99. The van der Waals surface area contributed by atoms with Gasteiger partial charge in [-0.2, -0.15) is 4.31 Å². The first kappa shape index (κ1) is 16.9. The lowest BCUT2D eigenvalue weighted by atomic mass is 10.2. The van der Waals surface area contributed by atoms with E-state index >= 15 is 0 Å². The topological polar surface area (TPSA) is 46.6 Å². The summed E-state index contributed by atoms with van der Waals surface area (Å²) in [5.41, 5.74) is 0.865. The van der Waals surface area contributed by atoms with E-state index in [0.29, 0.717) is 30.1 Å². The molecule has 4 nitrogen and oxygen atoms in total. The standard InChI is InChI=1S/C12H17BrClNO3S/c1-3-18-7-6-15(2)19(16,17)12-5-4-10(9-14)8-11(12)13/h4-5,8H,3,6-7,9H2,1-2H3. The molecule has 1 aromatic rings. The summed E-state index contributed by atoms with van der Waals surface area (Å²) in [7, 11) is -1.97. The molecule has 0 aliphatic heterocycles. The summed E-state index contributed by atoms with van der Waals surface area (Å²) in [5, 5.41) is 0. The summed E-state index contributed by atoms with van der Waals surface area (Å²) in [6.07, 6.45) is 0. The maximum absolute atomic E-state index is 12.4. The smallest absolute Gasteiger partial charge is 0.244 e. The van der Waals surface area contributed by atoms with E-state index in [2.05, 4.69) is 15.9 Å². The Kier molecular flexibility index (Phi) is 6.76. The number of benzene rings is 1. The van der Waals surface area contributed by atoms with Crippen molar-refractivity contribution in [2.45, 2.75) is 17.7 Å². The second-order valence-corrected chi connectivity index (χ2v) is 7.06. The van der Waals surface area contributed by atoms with Gasteiger partial charge in [0.05, 0.1) is 11.5 Å². The Balaban J connectivity index is 2.93. The largest absolute Gasteiger partial charge is 0.380 e. The van der Waals surface area contributed by atoms with Crippen molar-refractivity contribution >= 4 is 37.6 Å². The quantitative estimate of drug-likeness (QED) is 0.548. The van der Waals surface area contributed by atoms with E-state index in [1.807, 2.05) is 6.92 Å². The predicted octanol–water partition coefficient (Wildman–Crippen LogP) is 2.84. The highest BCUT2D eigenvalue weighted by atomic mass is 79.9. The van der Waals surface area contributed by atoms with Crippen LogP contribution in [0.2, 0.25) is 0 Å². The monoisotopic (exact) mass is 369 g/mol. The number of likely N-dealkylation sites (N-methyl/N-ethyl adjacent to an activating group) is 1. The van der Waals surface area contributed by atoms with Crippen molar-refractivity contribution < 1.29 is 13.2 Å². The van der Waals surface area contributed by atoms with Crippen molar-refractivity contribution in [3.05, 3.63) is 28.2 Å². The summed E-state index contributed by atoms with van der Waals surface area (Å²) in [5.74, 6) is 0.346. The van der Waals surface area contributed by atoms with Crippen LogP contribution in [0.3, 0.4) is 0 Å². The third-order valence-electron chi connectivity index (χ3n) is 2.59. The first-order chi connectivity index (χ1) is 8.93. The van der Waals surface area contributed by atoms with Crippen LogP contribution in [0.15, 0.2) is 27.6 Å². The zero-order valence-corrected chi connectivity index (χ0v) is 14.1. The molecule has 0 atom stereocenters. The molecule has 108 valence electrons. The fourth-order valence-corrected chi connectivity index (χ4v) is 3.86.